The van der Waals surface area contributed by atoms with Crippen LogP contribution >= 0.6 is 0 Å². The van der Waals surface area contributed by atoms with E-state index < -0.39 is 0 Å². The molecular weight excluding hydrogens is 216 g/mol. The van der Waals surface area contributed by atoms with Gasteiger partial charge in [-0.2, -0.15) is 0 Å². The third kappa shape index (κ3) is 3.21. The highest BCUT2D eigenvalue weighted by Crippen LogP contribution is 2.11. The van der Waals surface area contributed by atoms with Crippen LogP contribution in [0.5, 0.6) is 0 Å². The van der Waals surface area contributed by atoms with Gasteiger partial charge in [-0.05, 0) is 36.1 Å². The van der Waals surface area contributed by atoms with E-state index in [4.69, 9.17) is 0 Å². The number of hydrogen-bond donors (Lipinski definition) is 0. The Bertz CT molecular complexity index is 521. The van der Waals surface area contributed by atoms with Crippen molar-refractivity contribution in [3.63, 3.8) is 0 Å². The smallest absolute Gasteiger partial charge is 0.0227 e. The quantitative estimate of drug-likeness (QED) is 0.653. The monoisotopic (exact) mass is 234 g/mol. The molecule has 2 aromatic rings. The van der Waals surface area contributed by atoms with Crippen LogP contribution in [0, 0.1) is 13.8 Å². The first kappa shape index (κ1) is 12.4. The molecule has 0 aliphatic carbocycles. The Morgan fingerprint density at radius 2 is 1.00 bits per heavy atom. The lowest BCUT2D eigenvalue weighted by Crippen LogP contribution is -1.78. The number of hydrogen-bond acceptors (Lipinski definition) is 0. The highest BCUT2D eigenvalue weighted by molar-refractivity contribution is 5.60. The zero-order valence-electron chi connectivity index (χ0n) is 10.9. The fraction of sp³-hybridized carbons (Fsp3) is 0.111. The van der Waals surface area contributed by atoms with Gasteiger partial charge in [0, 0.05) is 0 Å². The van der Waals surface area contributed by atoms with Crippen LogP contribution in [0.25, 0.3) is 12.2 Å². The predicted molar refractivity (Wildman–Crippen MR) is 80.4 cm³/mol. The molecule has 0 nitrogen and oxygen atoms in total. The highest BCUT2D eigenvalue weighted by atomic mass is 14.0. The van der Waals surface area contributed by atoms with Gasteiger partial charge in [0.2, 0.25) is 0 Å². The molecule has 0 amide bonds. The van der Waals surface area contributed by atoms with Crippen LogP contribution in [-0.2, 0) is 0 Å². The Balaban J connectivity index is 2.08. The standard InChI is InChI=1S/C18H18/c1-15-9-3-5-11-17(15)13-7-8-14-18-12-6-4-10-16(18)2/h3-14H,1-2H3/b13-7+,14-8?. The topological polar surface area (TPSA) is 0 Å². The number of allylic oxidation sites excluding steroid dienone is 2. The van der Waals surface area contributed by atoms with E-state index in [1.165, 1.54) is 22.3 Å². The van der Waals surface area contributed by atoms with Gasteiger partial charge in [-0.15, -0.1) is 0 Å². The minimum atomic E-state index is 1.27. The van der Waals surface area contributed by atoms with E-state index >= 15 is 0 Å². The Morgan fingerprint density at radius 3 is 1.39 bits per heavy atom. The minimum absolute atomic E-state index is 1.27. The number of rotatable bonds is 3. The average molecular weight is 234 g/mol. The molecule has 0 saturated heterocycles. The van der Waals surface area contributed by atoms with Crippen molar-refractivity contribution in [1.82, 2.24) is 0 Å². The third-order valence-electron chi connectivity index (χ3n) is 3.04. The van der Waals surface area contributed by atoms with E-state index in [-0.39, 0.29) is 0 Å². The summed E-state index contributed by atoms with van der Waals surface area (Å²) in [5.41, 5.74) is 5.15. The van der Waals surface area contributed by atoms with Crippen molar-refractivity contribution < 1.29 is 0 Å². The molecule has 0 bridgehead atoms. The molecule has 18 heavy (non-hydrogen) atoms. The second kappa shape index (κ2) is 6.02. The van der Waals surface area contributed by atoms with Crippen molar-refractivity contribution in [3.8, 4) is 0 Å². The first-order chi connectivity index (χ1) is 8.77. The lowest BCUT2D eigenvalue weighted by atomic mass is 10.1. The molecule has 2 rings (SSSR count). The highest BCUT2D eigenvalue weighted by Gasteiger charge is 1.90. The Kier molecular flexibility index (Phi) is 4.14. The summed E-state index contributed by atoms with van der Waals surface area (Å²) in [5, 5.41) is 0. The van der Waals surface area contributed by atoms with Gasteiger partial charge in [-0.3, -0.25) is 0 Å². The van der Waals surface area contributed by atoms with Crippen LogP contribution in [-0.4, -0.2) is 0 Å². The van der Waals surface area contributed by atoms with E-state index in [2.05, 4.69) is 86.7 Å². The largest absolute Gasteiger partial charge is 0.0620 e. The molecule has 0 heterocycles. The van der Waals surface area contributed by atoms with Gasteiger partial charge in [-0.25, -0.2) is 0 Å². The number of benzene rings is 2. The van der Waals surface area contributed by atoms with Crippen LogP contribution < -0.4 is 0 Å². The zero-order chi connectivity index (χ0) is 12.8. The van der Waals surface area contributed by atoms with E-state index in [1.807, 2.05) is 0 Å². The second-order valence-electron chi connectivity index (χ2n) is 4.43. The Labute approximate surface area is 109 Å². The van der Waals surface area contributed by atoms with Crippen LogP contribution in [0.2, 0.25) is 0 Å². The van der Waals surface area contributed by atoms with Crippen molar-refractivity contribution in [2.75, 3.05) is 0 Å². The van der Waals surface area contributed by atoms with Gasteiger partial charge in [0.1, 0.15) is 0 Å². The molecule has 0 radical (unpaired) electrons. The molecule has 0 aliphatic rings. The third-order valence-corrected chi connectivity index (χ3v) is 3.04. The molecular formula is C18H18. The molecule has 0 aliphatic heterocycles. The van der Waals surface area contributed by atoms with Crippen LogP contribution in [0.4, 0.5) is 0 Å². The fourth-order valence-electron chi connectivity index (χ4n) is 1.87. The molecule has 0 atom stereocenters. The lowest BCUT2D eigenvalue weighted by Gasteiger charge is -1.98. The average Bonchev–Trinajstić information content (AvgIpc) is 2.38. The molecule has 0 fully saturated rings. The molecule has 0 aromatic heterocycles. The van der Waals surface area contributed by atoms with Gasteiger partial charge >= 0.3 is 0 Å². The molecule has 0 saturated carbocycles. The first-order valence-electron chi connectivity index (χ1n) is 6.23. The minimum Gasteiger partial charge on any atom is -0.0620 e. The van der Waals surface area contributed by atoms with Gasteiger partial charge in [0.05, 0.1) is 0 Å². The molecule has 90 valence electrons. The number of aryl methyl sites for hydroxylation is 2. The van der Waals surface area contributed by atoms with Crippen molar-refractivity contribution in [2.45, 2.75) is 13.8 Å². The molecule has 0 N–H and O–H groups in total. The second-order valence-corrected chi connectivity index (χ2v) is 4.43. The van der Waals surface area contributed by atoms with Crippen molar-refractivity contribution in [3.05, 3.63) is 82.9 Å². The van der Waals surface area contributed by atoms with Gasteiger partial charge in [0.25, 0.3) is 0 Å². The maximum Gasteiger partial charge on any atom is -0.0227 e. The maximum atomic E-state index is 2.14. The first-order valence-corrected chi connectivity index (χ1v) is 6.23. The molecule has 0 heteroatoms. The summed E-state index contributed by atoms with van der Waals surface area (Å²) in [6.07, 6.45) is 8.47. The zero-order valence-corrected chi connectivity index (χ0v) is 10.9. The summed E-state index contributed by atoms with van der Waals surface area (Å²) < 4.78 is 0. The summed E-state index contributed by atoms with van der Waals surface area (Å²) in [6.45, 7) is 4.26. The Morgan fingerprint density at radius 1 is 0.611 bits per heavy atom. The lowest BCUT2D eigenvalue weighted by molar-refractivity contribution is 1.44. The van der Waals surface area contributed by atoms with E-state index in [0.29, 0.717) is 0 Å². The van der Waals surface area contributed by atoms with Crippen molar-refractivity contribution in [2.24, 2.45) is 0 Å². The van der Waals surface area contributed by atoms with Crippen molar-refractivity contribution in [1.29, 1.82) is 0 Å². The predicted octanol–water partition coefficient (Wildman–Crippen LogP) is 5.03. The summed E-state index contributed by atoms with van der Waals surface area (Å²) in [4.78, 5) is 0. The van der Waals surface area contributed by atoms with Gasteiger partial charge in [-0.1, -0.05) is 72.8 Å². The SMILES string of the molecule is Cc1ccccc1C=C/C=C/c1ccccc1C. The van der Waals surface area contributed by atoms with Crippen LogP contribution in [0.15, 0.2) is 60.7 Å². The van der Waals surface area contributed by atoms with Gasteiger partial charge in [0.15, 0.2) is 0 Å². The van der Waals surface area contributed by atoms with Gasteiger partial charge < -0.3 is 0 Å². The summed E-state index contributed by atoms with van der Waals surface area (Å²) >= 11 is 0. The molecule has 0 spiro atoms. The van der Waals surface area contributed by atoms with Crippen molar-refractivity contribution >= 4 is 12.2 Å². The summed E-state index contributed by atoms with van der Waals surface area (Å²) in [6, 6.07) is 16.8. The van der Waals surface area contributed by atoms with Crippen LogP contribution in [0.3, 0.4) is 0 Å². The van der Waals surface area contributed by atoms with E-state index in [1.54, 1.807) is 0 Å². The van der Waals surface area contributed by atoms with Crippen LogP contribution in [0.1, 0.15) is 22.3 Å². The molecule has 2 aromatic carbocycles. The Hall–Kier alpha value is -2.08. The van der Waals surface area contributed by atoms with E-state index in [0.717, 1.165) is 0 Å². The molecule has 0 unspecified atom stereocenters. The summed E-state index contributed by atoms with van der Waals surface area (Å²) in [7, 11) is 0. The maximum absolute atomic E-state index is 2.14. The fourth-order valence-corrected chi connectivity index (χ4v) is 1.87. The summed E-state index contributed by atoms with van der Waals surface area (Å²) in [5.74, 6) is 0. The van der Waals surface area contributed by atoms with E-state index in [9.17, 15) is 0 Å². The normalized spacial score (nSPS) is 11.4.